The van der Waals surface area contributed by atoms with Gasteiger partial charge in [0.25, 0.3) is 0 Å². The maximum atomic E-state index is 12.5. The molecule has 0 aliphatic heterocycles. The summed E-state index contributed by atoms with van der Waals surface area (Å²) in [4.78, 5) is 39.1. The molecule has 0 atom stereocenters. The minimum absolute atomic E-state index is 0.0304. The molecule has 28 heavy (non-hydrogen) atoms. The van der Waals surface area contributed by atoms with Crippen LogP contribution < -0.4 is 10.6 Å². The van der Waals surface area contributed by atoms with Gasteiger partial charge in [0.15, 0.2) is 0 Å². The third-order valence-corrected chi connectivity index (χ3v) is 3.97. The highest BCUT2D eigenvalue weighted by atomic mass is 16.3. The highest BCUT2D eigenvalue weighted by molar-refractivity contribution is 5.95. The van der Waals surface area contributed by atoms with Gasteiger partial charge in [-0.2, -0.15) is 0 Å². The van der Waals surface area contributed by atoms with E-state index in [-0.39, 0.29) is 30.8 Å². The summed E-state index contributed by atoms with van der Waals surface area (Å²) in [6.45, 7) is 4.37. The van der Waals surface area contributed by atoms with Gasteiger partial charge in [-0.15, -0.1) is 0 Å². The Morgan fingerprint density at radius 3 is 2.18 bits per heavy atom. The van der Waals surface area contributed by atoms with Crippen LogP contribution in [0.15, 0.2) is 47.1 Å². The minimum Gasteiger partial charge on any atom is -0.468 e. The first-order chi connectivity index (χ1) is 13.4. The largest absolute Gasteiger partial charge is 0.468 e. The summed E-state index contributed by atoms with van der Waals surface area (Å²) in [6.07, 6.45) is 1.59. The monoisotopic (exact) mass is 386 g/mol. The molecule has 0 fully saturated rings. The second-order valence-corrected chi connectivity index (χ2v) is 6.47. The van der Waals surface area contributed by atoms with Crippen molar-refractivity contribution >= 4 is 29.1 Å². The maximum absolute atomic E-state index is 12.5. The van der Waals surface area contributed by atoms with Gasteiger partial charge in [0.1, 0.15) is 5.76 Å². The molecule has 0 aliphatic rings. The minimum atomic E-state index is -0.281. The molecule has 2 aromatic rings. The molecule has 0 saturated heterocycles. The number of amides is 3. The van der Waals surface area contributed by atoms with Crippen molar-refractivity contribution < 1.29 is 18.8 Å². The fourth-order valence-corrected chi connectivity index (χ4v) is 2.65. The summed E-state index contributed by atoms with van der Waals surface area (Å²) in [7, 11) is 1.82. The summed E-state index contributed by atoms with van der Waals surface area (Å²) in [5.74, 6) is 0.202. The van der Waals surface area contributed by atoms with Crippen molar-refractivity contribution in [2.75, 3.05) is 37.3 Å². The Morgan fingerprint density at radius 2 is 1.64 bits per heavy atom. The highest BCUT2D eigenvalue weighted by Crippen LogP contribution is 2.13. The molecule has 1 heterocycles. The SMILES string of the molecule is CCN(CC(=O)Nc1ccc(NC(C)=O)cc1)C(=O)CN(C)Cc1ccco1. The molecule has 8 heteroatoms. The third-order valence-electron chi connectivity index (χ3n) is 3.97. The molecule has 0 saturated carbocycles. The van der Waals surface area contributed by atoms with Gasteiger partial charge in [-0.1, -0.05) is 0 Å². The topological polar surface area (TPSA) is 94.9 Å². The summed E-state index contributed by atoms with van der Waals surface area (Å²) >= 11 is 0. The number of benzene rings is 1. The standard InChI is InChI=1S/C20H26N4O4/c1-4-24(20(27)14-23(3)12-18-6-5-11-28-18)13-19(26)22-17-9-7-16(8-10-17)21-15(2)25/h5-11H,4,12-14H2,1-3H3,(H,21,25)(H,22,26). The molecule has 8 nitrogen and oxygen atoms in total. The van der Waals surface area contributed by atoms with E-state index in [1.165, 1.54) is 11.8 Å². The van der Waals surface area contributed by atoms with Gasteiger partial charge >= 0.3 is 0 Å². The lowest BCUT2D eigenvalue weighted by molar-refractivity contribution is -0.135. The number of nitrogens with one attached hydrogen (secondary N) is 2. The normalized spacial score (nSPS) is 10.6. The number of hydrogen-bond acceptors (Lipinski definition) is 5. The van der Waals surface area contributed by atoms with Crippen LogP contribution in [-0.2, 0) is 20.9 Å². The van der Waals surface area contributed by atoms with Gasteiger partial charge in [0.2, 0.25) is 17.7 Å². The maximum Gasteiger partial charge on any atom is 0.243 e. The zero-order chi connectivity index (χ0) is 20.5. The second kappa shape index (κ2) is 10.3. The number of furan rings is 1. The Labute approximate surface area is 164 Å². The Morgan fingerprint density at radius 1 is 1.00 bits per heavy atom. The Balaban J connectivity index is 1.84. The molecule has 0 bridgehead atoms. The van der Waals surface area contributed by atoms with Crippen molar-refractivity contribution in [2.45, 2.75) is 20.4 Å². The van der Waals surface area contributed by atoms with Crippen LogP contribution in [0.25, 0.3) is 0 Å². The predicted molar refractivity (Wildman–Crippen MR) is 107 cm³/mol. The van der Waals surface area contributed by atoms with E-state index in [1.807, 2.05) is 24.9 Å². The number of anilines is 2. The number of nitrogens with zero attached hydrogens (tertiary/aromatic N) is 2. The first-order valence-electron chi connectivity index (χ1n) is 9.03. The molecule has 150 valence electrons. The number of rotatable bonds is 9. The number of hydrogen-bond donors (Lipinski definition) is 2. The lowest BCUT2D eigenvalue weighted by Crippen LogP contribution is -2.42. The zero-order valence-corrected chi connectivity index (χ0v) is 16.4. The van der Waals surface area contributed by atoms with Crippen molar-refractivity contribution in [3.05, 3.63) is 48.4 Å². The van der Waals surface area contributed by atoms with E-state index >= 15 is 0 Å². The average Bonchev–Trinajstić information content (AvgIpc) is 3.13. The van der Waals surface area contributed by atoms with Crippen molar-refractivity contribution in [1.29, 1.82) is 0 Å². The highest BCUT2D eigenvalue weighted by Gasteiger charge is 2.18. The predicted octanol–water partition coefficient (Wildman–Crippen LogP) is 2.16. The molecule has 1 aromatic heterocycles. The van der Waals surface area contributed by atoms with Crippen LogP contribution in [0.2, 0.25) is 0 Å². The van der Waals surface area contributed by atoms with Crippen LogP contribution in [0.4, 0.5) is 11.4 Å². The summed E-state index contributed by atoms with van der Waals surface area (Å²) in [5, 5.41) is 5.42. The van der Waals surface area contributed by atoms with Crippen LogP contribution in [0.3, 0.4) is 0 Å². The van der Waals surface area contributed by atoms with Crippen molar-refractivity contribution in [1.82, 2.24) is 9.80 Å². The summed E-state index contributed by atoms with van der Waals surface area (Å²) in [6, 6.07) is 10.4. The van der Waals surface area contributed by atoms with E-state index in [1.54, 1.807) is 36.6 Å². The van der Waals surface area contributed by atoms with E-state index in [0.717, 1.165) is 5.76 Å². The summed E-state index contributed by atoms with van der Waals surface area (Å²) in [5.41, 5.74) is 1.24. The van der Waals surface area contributed by atoms with Crippen LogP contribution in [0.5, 0.6) is 0 Å². The number of likely N-dealkylation sites (N-methyl/N-ethyl adjacent to an activating group) is 2. The van der Waals surface area contributed by atoms with Crippen molar-refractivity contribution in [3.8, 4) is 0 Å². The molecule has 0 unspecified atom stereocenters. The van der Waals surface area contributed by atoms with Crippen LogP contribution in [0.1, 0.15) is 19.6 Å². The van der Waals surface area contributed by atoms with Crippen molar-refractivity contribution in [2.24, 2.45) is 0 Å². The number of carbonyl (C=O) groups excluding carboxylic acids is 3. The molecule has 1 aromatic carbocycles. The molecular formula is C20H26N4O4. The molecule has 2 N–H and O–H groups in total. The van der Waals surface area contributed by atoms with Gasteiger partial charge in [0, 0.05) is 24.8 Å². The van der Waals surface area contributed by atoms with Gasteiger partial charge in [-0.3, -0.25) is 19.3 Å². The first-order valence-corrected chi connectivity index (χ1v) is 9.03. The van der Waals surface area contributed by atoms with E-state index in [0.29, 0.717) is 24.5 Å². The fraction of sp³-hybridized carbons (Fsp3) is 0.350. The Hall–Kier alpha value is -3.13. The molecule has 0 aliphatic carbocycles. The lowest BCUT2D eigenvalue weighted by Gasteiger charge is -2.23. The number of carbonyl (C=O) groups is 3. The Kier molecular flexibility index (Phi) is 7.76. The summed E-state index contributed by atoms with van der Waals surface area (Å²) < 4.78 is 5.28. The van der Waals surface area contributed by atoms with E-state index in [9.17, 15) is 14.4 Å². The van der Waals surface area contributed by atoms with Gasteiger partial charge in [-0.05, 0) is 50.4 Å². The van der Waals surface area contributed by atoms with Crippen LogP contribution >= 0.6 is 0 Å². The van der Waals surface area contributed by atoms with E-state index in [4.69, 9.17) is 4.42 Å². The first kappa shape index (κ1) is 21.2. The van der Waals surface area contributed by atoms with Gasteiger partial charge in [0.05, 0.1) is 25.9 Å². The lowest BCUT2D eigenvalue weighted by atomic mass is 10.2. The average molecular weight is 386 g/mol. The molecule has 0 radical (unpaired) electrons. The molecule has 2 rings (SSSR count). The van der Waals surface area contributed by atoms with Gasteiger partial charge < -0.3 is 20.0 Å². The Bertz CT molecular complexity index is 787. The quantitative estimate of drug-likeness (QED) is 0.689. The van der Waals surface area contributed by atoms with E-state index < -0.39 is 0 Å². The second-order valence-electron chi connectivity index (χ2n) is 6.47. The van der Waals surface area contributed by atoms with Crippen LogP contribution in [-0.4, -0.2) is 54.2 Å². The van der Waals surface area contributed by atoms with Crippen LogP contribution in [0, 0.1) is 0 Å². The molecule has 0 spiro atoms. The fourth-order valence-electron chi connectivity index (χ4n) is 2.65. The smallest absolute Gasteiger partial charge is 0.243 e. The van der Waals surface area contributed by atoms with Gasteiger partial charge in [-0.25, -0.2) is 0 Å². The third kappa shape index (κ3) is 6.88. The molecular weight excluding hydrogens is 360 g/mol. The zero-order valence-electron chi connectivity index (χ0n) is 16.4. The molecule has 3 amide bonds. The van der Waals surface area contributed by atoms with Crippen molar-refractivity contribution in [3.63, 3.8) is 0 Å². The van der Waals surface area contributed by atoms with E-state index in [2.05, 4.69) is 10.6 Å².